The number of ether oxygens (including phenoxy) is 2. The molecule has 190 valence electrons. The van der Waals surface area contributed by atoms with E-state index in [0.717, 1.165) is 21.6 Å². The van der Waals surface area contributed by atoms with Gasteiger partial charge in [0, 0.05) is 28.0 Å². The Labute approximate surface area is 219 Å². The molecule has 0 aromatic heterocycles. The lowest BCUT2D eigenvalue weighted by atomic mass is 10.0. The van der Waals surface area contributed by atoms with Gasteiger partial charge in [0.05, 0.1) is 18.2 Å². The van der Waals surface area contributed by atoms with Gasteiger partial charge in [-0.3, -0.25) is 4.79 Å². The van der Waals surface area contributed by atoms with Gasteiger partial charge in [-0.25, -0.2) is 4.79 Å². The van der Waals surface area contributed by atoms with Gasteiger partial charge >= 0.3 is 6.09 Å². The molecule has 0 saturated heterocycles. The second-order valence-electron chi connectivity index (χ2n) is 8.14. The number of hydrogen-bond acceptors (Lipinski definition) is 6. The summed E-state index contributed by atoms with van der Waals surface area (Å²) in [6.07, 6.45) is -0.856. The summed E-state index contributed by atoms with van der Waals surface area (Å²) in [6.45, 7) is 1.79. The van der Waals surface area contributed by atoms with Crippen molar-refractivity contribution in [2.24, 2.45) is 0 Å². The van der Waals surface area contributed by atoms with Gasteiger partial charge in [0.2, 0.25) is 0 Å². The highest BCUT2D eigenvalue weighted by Crippen LogP contribution is 2.34. The van der Waals surface area contributed by atoms with Crippen LogP contribution < -0.4 is 4.74 Å². The molecule has 2 atom stereocenters. The number of rotatable bonds is 12. The molecule has 0 aliphatic heterocycles. The van der Waals surface area contributed by atoms with Crippen LogP contribution in [-0.2, 0) is 11.2 Å². The topological polar surface area (TPSA) is 96.3 Å². The van der Waals surface area contributed by atoms with Gasteiger partial charge in [-0.2, -0.15) is 0 Å². The van der Waals surface area contributed by atoms with Crippen molar-refractivity contribution in [2.75, 3.05) is 20.4 Å². The monoisotopic (exact) mass is 529 g/mol. The van der Waals surface area contributed by atoms with Gasteiger partial charge in [0.15, 0.2) is 13.1 Å². The molecule has 7 nitrogen and oxygen atoms in total. The molecule has 2 N–H and O–H groups in total. The van der Waals surface area contributed by atoms with Crippen LogP contribution in [0.1, 0.15) is 34.5 Å². The van der Waals surface area contributed by atoms with Crippen LogP contribution in [0.2, 0.25) is 5.02 Å². The van der Waals surface area contributed by atoms with Crippen molar-refractivity contribution in [3.8, 4) is 5.75 Å². The molecule has 0 radical (unpaired) electrons. The van der Waals surface area contributed by atoms with Gasteiger partial charge in [-0.1, -0.05) is 53.7 Å². The van der Waals surface area contributed by atoms with E-state index in [4.69, 9.17) is 21.1 Å². The maximum absolute atomic E-state index is 11.9. The number of aldehydes is 1. The van der Waals surface area contributed by atoms with Crippen molar-refractivity contribution in [1.29, 1.82) is 0 Å². The molecule has 0 fully saturated rings. The Bertz CT molecular complexity index is 1170. The highest BCUT2D eigenvalue weighted by atomic mass is 35.5. The summed E-state index contributed by atoms with van der Waals surface area (Å²) in [6, 6.07) is 19.5. The number of carboxylic acid groups (broad SMARTS) is 1. The van der Waals surface area contributed by atoms with Crippen molar-refractivity contribution in [3.05, 3.63) is 88.4 Å². The van der Waals surface area contributed by atoms with E-state index in [9.17, 15) is 19.8 Å². The molecule has 0 unspecified atom stereocenters. The molecule has 0 bridgehead atoms. The lowest BCUT2D eigenvalue weighted by Gasteiger charge is -2.29. The SMILES string of the molecule is COCOc1cccc(Sc2ccc(C[C@@H](C)N(C[C@H](O)c3cccc(Cl)c3)C(=O)O)cc2)c1C=O. The zero-order chi connectivity index (χ0) is 26.1. The Morgan fingerprint density at radius 3 is 2.50 bits per heavy atom. The van der Waals surface area contributed by atoms with E-state index in [2.05, 4.69) is 0 Å². The second-order valence-corrected chi connectivity index (χ2v) is 9.69. The van der Waals surface area contributed by atoms with Gasteiger partial charge in [0.25, 0.3) is 0 Å². The summed E-state index contributed by atoms with van der Waals surface area (Å²) >= 11 is 7.43. The van der Waals surface area contributed by atoms with Crippen LogP contribution in [-0.4, -0.2) is 54.0 Å². The summed E-state index contributed by atoms with van der Waals surface area (Å²) < 4.78 is 10.4. The van der Waals surface area contributed by atoms with Crippen molar-refractivity contribution in [1.82, 2.24) is 4.90 Å². The molecular formula is C27H28ClNO6S. The van der Waals surface area contributed by atoms with E-state index in [0.29, 0.717) is 28.3 Å². The Hall–Kier alpha value is -3.04. The average molecular weight is 530 g/mol. The number of benzene rings is 3. The second kappa shape index (κ2) is 13.3. The molecule has 0 aliphatic rings. The first-order chi connectivity index (χ1) is 17.3. The van der Waals surface area contributed by atoms with Gasteiger partial charge in [0.1, 0.15) is 5.75 Å². The van der Waals surface area contributed by atoms with Crippen molar-refractivity contribution >= 4 is 35.7 Å². The highest BCUT2D eigenvalue weighted by molar-refractivity contribution is 7.99. The number of methoxy groups -OCH3 is 1. The Morgan fingerprint density at radius 2 is 1.86 bits per heavy atom. The van der Waals surface area contributed by atoms with E-state index in [-0.39, 0.29) is 19.4 Å². The molecule has 1 amide bonds. The zero-order valence-corrected chi connectivity index (χ0v) is 21.5. The summed E-state index contributed by atoms with van der Waals surface area (Å²) in [4.78, 5) is 26.5. The Kier molecular flexibility index (Phi) is 10.2. The summed E-state index contributed by atoms with van der Waals surface area (Å²) in [7, 11) is 1.51. The van der Waals surface area contributed by atoms with Crippen LogP contribution in [0.25, 0.3) is 0 Å². The summed E-state index contributed by atoms with van der Waals surface area (Å²) in [5.74, 6) is 0.455. The molecule has 9 heteroatoms. The van der Waals surface area contributed by atoms with Gasteiger partial charge in [-0.15, -0.1) is 0 Å². The molecule has 0 saturated carbocycles. The van der Waals surface area contributed by atoms with Crippen LogP contribution >= 0.6 is 23.4 Å². The van der Waals surface area contributed by atoms with Gasteiger partial charge < -0.3 is 24.6 Å². The molecular weight excluding hydrogens is 502 g/mol. The molecule has 0 heterocycles. The minimum absolute atomic E-state index is 0.0469. The first-order valence-corrected chi connectivity index (χ1v) is 12.4. The Balaban J connectivity index is 1.67. The zero-order valence-electron chi connectivity index (χ0n) is 20.0. The normalized spacial score (nSPS) is 12.6. The summed E-state index contributed by atoms with van der Waals surface area (Å²) in [5, 5.41) is 20.8. The van der Waals surface area contributed by atoms with Gasteiger partial charge in [-0.05, 0) is 60.9 Å². The van der Waals surface area contributed by atoms with E-state index in [1.807, 2.05) is 43.3 Å². The fourth-order valence-electron chi connectivity index (χ4n) is 3.70. The van der Waals surface area contributed by atoms with Crippen molar-refractivity contribution in [2.45, 2.75) is 35.3 Å². The van der Waals surface area contributed by atoms with Crippen LogP contribution in [0.5, 0.6) is 5.75 Å². The first-order valence-electron chi connectivity index (χ1n) is 11.2. The highest BCUT2D eigenvalue weighted by Gasteiger charge is 2.23. The maximum Gasteiger partial charge on any atom is 0.407 e. The Morgan fingerprint density at radius 1 is 1.14 bits per heavy atom. The average Bonchev–Trinajstić information content (AvgIpc) is 2.86. The van der Waals surface area contributed by atoms with Crippen LogP contribution in [0.4, 0.5) is 4.79 Å². The van der Waals surface area contributed by atoms with Crippen LogP contribution in [0, 0.1) is 0 Å². The summed E-state index contributed by atoms with van der Waals surface area (Å²) in [5.41, 5.74) is 1.96. The number of nitrogens with zero attached hydrogens (tertiary/aromatic N) is 1. The minimum Gasteiger partial charge on any atom is -0.467 e. The molecule has 36 heavy (non-hydrogen) atoms. The molecule has 0 aliphatic carbocycles. The van der Waals surface area contributed by atoms with E-state index in [1.54, 1.807) is 30.3 Å². The number of aliphatic hydroxyl groups is 1. The minimum atomic E-state index is -1.10. The van der Waals surface area contributed by atoms with E-state index < -0.39 is 12.2 Å². The lowest BCUT2D eigenvalue weighted by Crippen LogP contribution is -2.41. The fourth-order valence-corrected chi connectivity index (χ4v) is 4.83. The van der Waals surface area contributed by atoms with Crippen LogP contribution in [0.3, 0.4) is 0 Å². The number of halogens is 1. The predicted molar refractivity (Wildman–Crippen MR) is 139 cm³/mol. The fraction of sp³-hybridized carbons (Fsp3) is 0.259. The number of aliphatic hydroxyl groups excluding tert-OH is 1. The number of amides is 1. The number of hydrogen-bond donors (Lipinski definition) is 2. The smallest absolute Gasteiger partial charge is 0.407 e. The quantitative estimate of drug-likeness (QED) is 0.222. The van der Waals surface area contributed by atoms with Crippen LogP contribution in [0.15, 0.2) is 76.5 Å². The van der Waals surface area contributed by atoms with Crippen molar-refractivity contribution in [3.63, 3.8) is 0 Å². The maximum atomic E-state index is 11.9. The van der Waals surface area contributed by atoms with E-state index in [1.165, 1.54) is 23.8 Å². The molecule has 0 spiro atoms. The first kappa shape index (κ1) is 27.5. The molecule has 3 aromatic rings. The third kappa shape index (κ3) is 7.48. The van der Waals surface area contributed by atoms with Crippen molar-refractivity contribution < 1.29 is 29.3 Å². The molecule has 3 aromatic carbocycles. The lowest BCUT2D eigenvalue weighted by molar-refractivity contribution is 0.0503. The third-order valence-corrected chi connectivity index (χ3v) is 6.86. The van der Waals surface area contributed by atoms with E-state index >= 15 is 0 Å². The number of carbonyl (C=O) groups excluding carboxylic acids is 1. The third-order valence-electron chi connectivity index (χ3n) is 5.54. The largest absolute Gasteiger partial charge is 0.467 e. The number of carbonyl (C=O) groups is 2. The predicted octanol–water partition coefficient (Wildman–Crippen LogP) is 5.93. The standard InChI is InChI=1S/C27H28ClNO6S/c1-18(29(27(32)33)15-24(31)20-5-3-6-21(28)14-20)13-19-9-11-22(12-10-19)36-26-8-4-7-25(23(26)16-30)35-17-34-2/h3-12,14,16,18,24,31H,13,15,17H2,1-2H3,(H,32,33)/t18-,24+/m1/s1. The molecule has 3 rings (SSSR count).